The number of halogens is 2. The Hall–Kier alpha value is -3.09. The molecular weight excluding hydrogens is 435 g/mol. The lowest BCUT2D eigenvalue weighted by atomic mass is 10.1. The second kappa shape index (κ2) is 8.57. The summed E-state index contributed by atoms with van der Waals surface area (Å²) in [5.74, 6) is -1.27. The molecule has 0 radical (unpaired) electrons. The van der Waals surface area contributed by atoms with Crippen molar-refractivity contribution in [1.29, 1.82) is 0 Å². The molecular formula is C24H18ClFN2O2S. The Morgan fingerprint density at radius 2 is 1.45 bits per heavy atom. The third-order valence-electron chi connectivity index (χ3n) is 4.83. The summed E-state index contributed by atoms with van der Waals surface area (Å²) in [4.78, 5) is 30.9. The van der Waals surface area contributed by atoms with E-state index in [-0.39, 0.29) is 10.5 Å². The molecule has 0 spiro atoms. The first kappa shape index (κ1) is 21.2. The van der Waals surface area contributed by atoms with Crippen LogP contribution in [0.25, 0.3) is 5.57 Å². The Bertz CT molecular complexity index is 1170. The standard InChI is InChI=1S/C24H18ClFN2O2S/c1-27(2)18-9-11-19(12-10-18)28-23(29)21(15-3-7-17(26)8-4-15)22(24(28)30)31-20-13-5-16(25)6-14-20/h3-14H,1-2H3. The van der Waals surface area contributed by atoms with Crippen LogP contribution >= 0.6 is 23.4 Å². The maximum atomic E-state index is 13.5. The fraction of sp³-hybridized carbons (Fsp3) is 0.0833. The molecule has 0 fully saturated rings. The first-order valence-electron chi connectivity index (χ1n) is 9.45. The second-order valence-corrected chi connectivity index (χ2v) is 8.64. The summed E-state index contributed by atoms with van der Waals surface area (Å²) in [6.07, 6.45) is 0. The van der Waals surface area contributed by atoms with Crippen molar-refractivity contribution in [2.24, 2.45) is 0 Å². The lowest BCUT2D eigenvalue weighted by molar-refractivity contribution is -0.119. The molecule has 0 N–H and O–H groups in total. The smallest absolute Gasteiger partial charge is 0.272 e. The minimum absolute atomic E-state index is 0.252. The highest BCUT2D eigenvalue weighted by molar-refractivity contribution is 8.04. The zero-order valence-corrected chi connectivity index (χ0v) is 18.4. The molecule has 2 amide bonds. The van der Waals surface area contributed by atoms with Crippen LogP contribution < -0.4 is 9.80 Å². The molecule has 1 aliphatic heterocycles. The van der Waals surface area contributed by atoms with Gasteiger partial charge in [0.25, 0.3) is 11.8 Å². The van der Waals surface area contributed by atoms with Crippen molar-refractivity contribution < 1.29 is 14.0 Å². The highest BCUT2D eigenvalue weighted by atomic mass is 35.5. The highest BCUT2D eigenvalue weighted by Crippen LogP contribution is 2.41. The van der Waals surface area contributed by atoms with E-state index in [1.165, 1.54) is 36.0 Å². The topological polar surface area (TPSA) is 40.6 Å². The molecule has 3 aromatic rings. The largest absolute Gasteiger partial charge is 0.378 e. The lowest BCUT2D eigenvalue weighted by Gasteiger charge is -2.18. The third-order valence-corrected chi connectivity index (χ3v) is 6.17. The van der Waals surface area contributed by atoms with Gasteiger partial charge in [-0.3, -0.25) is 9.59 Å². The summed E-state index contributed by atoms with van der Waals surface area (Å²) in [5.41, 5.74) is 2.17. The monoisotopic (exact) mass is 452 g/mol. The Balaban J connectivity index is 1.77. The molecule has 0 bridgehead atoms. The highest BCUT2D eigenvalue weighted by Gasteiger charge is 2.40. The van der Waals surface area contributed by atoms with Gasteiger partial charge in [-0.15, -0.1) is 0 Å². The van der Waals surface area contributed by atoms with Gasteiger partial charge >= 0.3 is 0 Å². The molecule has 156 valence electrons. The summed E-state index contributed by atoms with van der Waals surface area (Å²) in [5, 5.41) is 0.577. The van der Waals surface area contributed by atoms with E-state index in [2.05, 4.69) is 0 Å². The average Bonchev–Trinajstić information content (AvgIpc) is 3.00. The van der Waals surface area contributed by atoms with Crippen LogP contribution in [0.5, 0.6) is 0 Å². The van der Waals surface area contributed by atoms with Crippen molar-refractivity contribution >= 4 is 52.1 Å². The van der Waals surface area contributed by atoms with Crippen LogP contribution in [-0.4, -0.2) is 25.9 Å². The molecule has 4 rings (SSSR count). The van der Waals surface area contributed by atoms with E-state index in [9.17, 15) is 14.0 Å². The van der Waals surface area contributed by atoms with Gasteiger partial charge in [0.15, 0.2) is 0 Å². The van der Waals surface area contributed by atoms with Crippen LogP contribution in [0.1, 0.15) is 5.56 Å². The Labute approximate surface area is 188 Å². The first-order chi connectivity index (χ1) is 14.8. The predicted octanol–water partition coefficient (Wildman–Crippen LogP) is 5.62. The average molecular weight is 453 g/mol. The van der Waals surface area contributed by atoms with Crippen LogP contribution in [0.3, 0.4) is 0 Å². The number of hydrogen-bond donors (Lipinski definition) is 0. The van der Waals surface area contributed by atoms with Crippen molar-refractivity contribution in [2.75, 3.05) is 23.9 Å². The number of carbonyl (C=O) groups is 2. The lowest BCUT2D eigenvalue weighted by Crippen LogP contribution is -2.31. The van der Waals surface area contributed by atoms with Crippen LogP contribution in [-0.2, 0) is 9.59 Å². The minimum atomic E-state index is -0.439. The Kier molecular flexibility index (Phi) is 5.85. The van der Waals surface area contributed by atoms with Gasteiger partial charge in [0.05, 0.1) is 16.2 Å². The number of anilines is 2. The molecule has 0 aromatic heterocycles. The SMILES string of the molecule is CN(C)c1ccc(N2C(=O)C(Sc3ccc(Cl)cc3)=C(c3ccc(F)cc3)C2=O)cc1. The number of hydrogen-bond acceptors (Lipinski definition) is 4. The van der Waals surface area contributed by atoms with Gasteiger partial charge in [-0.2, -0.15) is 0 Å². The van der Waals surface area contributed by atoms with Crippen LogP contribution in [0.15, 0.2) is 82.6 Å². The Morgan fingerprint density at radius 1 is 0.839 bits per heavy atom. The summed E-state index contributed by atoms with van der Waals surface area (Å²) in [6, 6.07) is 19.8. The minimum Gasteiger partial charge on any atom is -0.378 e. The fourth-order valence-corrected chi connectivity index (χ4v) is 4.35. The van der Waals surface area contributed by atoms with Crippen molar-refractivity contribution in [3.8, 4) is 0 Å². The van der Waals surface area contributed by atoms with Gasteiger partial charge in [0, 0.05) is 29.7 Å². The molecule has 3 aromatic carbocycles. The number of amides is 2. The molecule has 1 aliphatic rings. The van der Waals surface area contributed by atoms with E-state index >= 15 is 0 Å². The van der Waals surface area contributed by atoms with E-state index in [1.807, 2.05) is 31.1 Å². The van der Waals surface area contributed by atoms with Gasteiger partial charge in [-0.25, -0.2) is 9.29 Å². The summed E-state index contributed by atoms with van der Waals surface area (Å²) in [7, 11) is 3.83. The van der Waals surface area contributed by atoms with Gasteiger partial charge in [0.1, 0.15) is 5.82 Å². The number of imide groups is 1. The zero-order valence-electron chi connectivity index (χ0n) is 16.8. The molecule has 0 saturated heterocycles. The molecule has 0 aliphatic carbocycles. The van der Waals surface area contributed by atoms with E-state index in [4.69, 9.17) is 11.6 Å². The summed E-state index contributed by atoms with van der Waals surface area (Å²) < 4.78 is 13.5. The van der Waals surface area contributed by atoms with E-state index in [0.29, 0.717) is 16.3 Å². The van der Waals surface area contributed by atoms with Crippen molar-refractivity contribution in [2.45, 2.75) is 4.90 Å². The van der Waals surface area contributed by atoms with Gasteiger partial charge in [0.2, 0.25) is 0 Å². The normalized spacial score (nSPS) is 13.9. The third kappa shape index (κ3) is 4.22. The fourth-order valence-electron chi connectivity index (χ4n) is 3.23. The van der Waals surface area contributed by atoms with Gasteiger partial charge < -0.3 is 4.90 Å². The molecule has 1 heterocycles. The first-order valence-corrected chi connectivity index (χ1v) is 10.6. The van der Waals surface area contributed by atoms with Gasteiger partial charge in [-0.1, -0.05) is 35.5 Å². The summed E-state index contributed by atoms with van der Waals surface area (Å²) >= 11 is 7.16. The van der Waals surface area contributed by atoms with Crippen LogP contribution in [0.2, 0.25) is 5.02 Å². The Morgan fingerprint density at radius 3 is 2.03 bits per heavy atom. The van der Waals surface area contributed by atoms with Crippen LogP contribution in [0.4, 0.5) is 15.8 Å². The van der Waals surface area contributed by atoms with Crippen molar-refractivity contribution in [1.82, 2.24) is 0 Å². The molecule has 4 nitrogen and oxygen atoms in total. The molecule has 0 unspecified atom stereocenters. The number of nitrogens with zero attached hydrogens (tertiary/aromatic N) is 2. The maximum absolute atomic E-state index is 13.5. The van der Waals surface area contributed by atoms with Crippen molar-refractivity contribution in [3.63, 3.8) is 0 Å². The predicted molar refractivity (Wildman–Crippen MR) is 124 cm³/mol. The van der Waals surface area contributed by atoms with Crippen molar-refractivity contribution in [3.05, 3.63) is 94.1 Å². The number of thioether (sulfide) groups is 1. The molecule has 31 heavy (non-hydrogen) atoms. The summed E-state index contributed by atoms with van der Waals surface area (Å²) in [6.45, 7) is 0. The van der Waals surface area contributed by atoms with E-state index in [0.717, 1.165) is 15.5 Å². The molecule has 0 saturated carbocycles. The van der Waals surface area contributed by atoms with E-state index in [1.54, 1.807) is 36.4 Å². The van der Waals surface area contributed by atoms with Crippen LogP contribution in [0, 0.1) is 5.82 Å². The van der Waals surface area contributed by atoms with Gasteiger partial charge in [-0.05, 0) is 66.2 Å². The van der Waals surface area contributed by atoms with E-state index < -0.39 is 17.6 Å². The quantitative estimate of drug-likeness (QED) is 0.471. The number of benzene rings is 3. The molecule has 7 heteroatoms. The number of carbonyl (C=O) groups excluding carboxylic acids is 2. The maximum Gasteiger partial charge on any atom is 0.272 e. The zero-order chi connectivity index (χ0) is 22.1. The molecule has 0 atom stereocenters. The number of rotatable bonds is 5. The second-order valence-electron chi connectivity index (χ2n) is 7.12.